The van der Waals surface area contributed by atoms with Crippen molar-refractivity contribution in [1.82, 2.24) is 9.55 Å². The van der Waals surface area contributed by atoms with Crippen molar-refractivity contribution in [2.24, 2.45) is 0 Å². The Kier molecular flexibility index (Phi) is 4.27. The van der Waals surface area contributed by atoms with Crippen molar-refractivity contribution in [2.45, 2.75) is 39.3 Å². The van der Waals surface area contributed by atoms with Crippen LogP contribution in [0.5, 0.6) is 0 Å². The van der Waals surface area contributed by atoms with Gasteiger partial charge in [0.25, 0.3) is 5.56 Å². The molecule has 0 saturated heterocycles. The fraction of sp³-hybridized carbons (Fsp3) is 0.636. The van der Waals surface area contributed by atoms with E-state index in [0.29, 0.717) is 11.0 Å². The van der Waals surface area contributed by atoms with Crippen LogP contribution in [0.3, 0.4) is 0 Å². The molecule has 16 heavy (non-hydrogen) atoms. The quantitative estimate of drug-likeness (QED) is 0.853. The maximum atomic E-state index is 11.8. The van der Waals surface area contributed by atoms with Gasteiger partial charge in [0.1, 0.15) is 10.3 Å². The highest BCUT2D eigenvalue weighted by molar-refractivity contribution is 9.10. The Hall–Kier alpha value is -0.680. The monoisotopic (exact) mass is 288 g/mol. The number of hydrogen-bond donors (Lipinski definition) is 0. The van der Waals surface area contributed by atoms with Crippen LogP contribution in [0.4, 0.5) is 0 Å². The number of hydrogen-bond acceptors (Lipinski definition) is 3. The number of nitrogens with zero attached hydrogens (tertiary/aromatic N) is 2. The first-order chi connectivity index (χ1) is 7.37. The van der Waals surface area contributed by atoms with Gasteiger partial charge in [-0.15, -0.1) is 0 Å². The third-order valence-corrected chi connectivity index (χ3v) is 3.24. The summed E-state index contributed by atoms with van der Waals surface area (Å²) in [4.78, 5) is 16.0. The Balaban J connectivity index is 2.90. The summed E-state index contributed by atoms with van der Waals surface area (Å²) in [5, 5.41) is 0. The van der Waals surface area contributed by atoms with Crippen LogP contribution in [0.15, 0.2) is 15.5 Å². The van der Waals surface area contributed by atoms with Gasteiger partial charge in [-0.25, -0.2) is 4.98 Å². The molecule has 0 unspecified atom stereocenters. The molecule has 0 N–H and O–H groups in total. The molecule has 0 aliphatic rings. The lowest BCUT2D eigenvalue weighted by atomic mass is 10.1. The van der Waals surface area contributed by atoms with Crippen LogP contribution in [0.25, 0.3) is 0 Å². The van der Waals surface area contributed by atoms with Gasteiger partial charge in [0.2, 0.25) is 0 Å². The summed E-state index contributed by atoms with van der Waals surface area (Å²) in [6.07, 6.45) is 2.30. The van der Waals surface area contributed by atoms with Crippen LogP contribution in [0.2, 0.25) is 0 Å². The van der Waals surface area contributed by atoms with Gasteiger partial charge in [0.05, 0.1) is 5.60 Å². The van der Waals surface area contributed by atoms with Gasteiger partial charge in [-0.1, -0.05) is 0 Å². The van der Waals surface area contributed by atoms with Crippen molar-refractivity contribution in [3.63, 3.8) is 0 Å². The lowest BCUT2D eigenvalue weighted by Gasteiger charge is -2.23. The maximum absolute atomic E-state index is 11.8. The second-order valence-electron chi connectivity index (χ2n) is 4.32. The zero-order valence-corrected chi connectivity index (χ0v) is 11.7. The second-order valence-corrected chi connectivity index (χ2v) is 5.18. The fourth-order valence-electron chi connectivity index (χ4n) is 1.30. The molecule has 0 fully saturated rings. The minimum absolute atomic E-state index is 0.0422. The van der Waals surface area contributed by atoms with Gasteiger partial charge in [0.15, 0.2) is 0 Å². The Morgan fingerprint density at radius 2 is 2.19 bits per heavy atom. The number of halogens is 1. The molecule has 0 aliphatic carbocycles. The van der Waals surface area contributed by atoms with Crippen LogP contribution in [-0.4, -0.2) is 22.3 Å². The van der Waals surface area contributed by atoms with Crippen LogP contribution in [0.1, 0.15) is 26.1 Å². The topological polar surface area (TPSA) is 44.1 Å². The minimum Gasteiger partial charge on any atom is -0.379 e. The summed E-state index contributed by atoms with van der Waals surface area (Å²) < 4.78 is 7.47. The maximum Gasteiger partial charge on any atom is 0.267 e. The first kappa shape index (κ1) is 13.4. The predicted molar refractivity (Wildman–Crippen MR) is 66.6 cm³/mol. The zero-order chi connectivity index (χ0) is 12.3. The van der Waals surface area contributed by atoms with E-state index in [2.05, 4.69) is 20.9 Å². The molecule has 1 aromatic heterocycles. The molecule has 4 nitrogen and oxygen atoms in total. The predicted octanol–water partition coefficient (Wildman–Crippen LogP) is 2.13. The normalized spacial score (nSPS) is 11.8. The summed E-state index contributed by atoms with van der Waals surface area (Å²) in [5.74, 6) is 0.722. The van der Waals surface area contributed by atoms with Gasteiger partial charge in [-0.3, -0.25) is 9.36 Å². The molecule has 0 aliphatic heterocycles. The molecule has 5 heteroatoms. The van der Waals surface area contributed by atoms with Gasteiger partial charge >= 0.3 is 0 Å². The third kappa shape index (κ3) is 3.15. The number of rotatable bonds is 4. The lowest BCUT2D eigenvalue weighted by molar-refractivity contribution is 0.0116. The van der Waals surface area contributed by atoms with Gasteiger partial charge in [-0.05, 0) is 43.1 Å². The van der Waals surface area contributed by atoms with Crippen LogP contribution in [0, 0.1) is 6.92 Å². The van der Waals surface area contributed by atoms with Gasteiger partial charge in [-0.2, -0.15) is 0 Å². The summed E-state index contributed by atoms with van der Waals surface area (Å²) in [5.41, 5.74) is -0.270. The molecule has 1 rings (SSSR count). The van der Waals surface area contributed by atoms with E-state index in [1.165, 1.54) is 6.20 Å². The third-order valence-electron chi connectivity index (χ3n) is 2.69. The highest BCUT2D eigenvalue weighted by atomic mass is 79.9. The molecular formula is C11H17BrN2O2. The lowest BCUT2D eigenvalue weighted by Crippen LogP contribution is -2.30. The van der Waals surface area contributed by atoms with Crippen molar-refractivity contribution >= 4 is 15.9 Å². The molecule has 0 saturated carbocycles. The Labute approximate surface area is 104 Å². The zero-order valence-electron chi connectivity index (χ0n) is 10.1. The molecule has 0 aromatic carbocycles. The van der Waals surface area contributed by atoms with Crippen molar-refractivity contribution in [2.75, 3.05) is 7.11 Å². The van der Waals surface area contributed by atoms with Crippen LogP contribution in [-0.2, 0) is 11.3 Å². The van der Waals surface area contributed by atoms with E-state index >= 15 is 0 Å². The van der Waals surface area contributed by atoms with E-state index in [1.807, 2.05) is 20.8 Å². The van der Waals surface area contributed by atoms with Crippen molar-refractivity contribution in [3.8, 4) is 0 Å². The number of methoxy groups -OCH3 is 1. The summed E-state index contributed by atoms with van der Waals surface area (Å²) in [7, 11) is 1.68. The average molecular weight is 289 g/mol. The van der Waals surface area contributed by atoms with Crippen molar-refractivity contribution in [1.29, 1.82) is 0 Å². The van der Waals surface area contributed by atoms with E-state index in [4.69, 9.17) is 4.74 Å². The fourth-order valence-corrected chi connectivity index (χ4v) is 1.61. The number of ether oxygens (including phenoxy) is 1. The first-order valence-corrected chi connectivity index (χ1v) is 5.94. The highest BCUT2D eigenvalue weighted by Crippen LogP contribution is 2.14. The minimum atomic E-state index is -0.228. The van der Waals surface area contributed by atoms with Gasteiger partial charge < -0.3 is 4.74 Å². The van der Waals surface area contributed by atoms with E-state index in [0.717, 1.165) is 12.2 Å². The Morgan fingerprint density at radius 1 is 1.56 bits per heavy atom. The van der Waals surface area contributed by atoms with E-state index in [1.54, 1.807) is 11.7 Å². The molecule has 1 heterocycles. The summed E-state index contributed by atoms with van der Waals surface area (Å²) in [6, 6.07) is 0. The summed E-state index contributed by atoms with van der Waals surface area (Å²) in [6.45, 7) is 6.43. The molecule has 0 spiro atoms. The molecule has 0 radical (unpaired) electrons. The SMILES string of the molecule is COC(C)(C)CCn1c(C)ncc(Br)c1=O. The molecule has 0 amide bonds. The number of aryl methyl sites for hydroxylation is 1. The second kappa shape index (κ2) is 5.10. The molecule has 0 bridgehead atoms. The Bertz CT molecular complexity index is 426. The Morgan fingerprint density at radius 3 is 2.75 bits per heavy atom. The van der Waals surface area contributed by atoms with Crippen molar-refractivity contribution in [3.05, 3.63) is 26.8 Å². The largest absolute Gasteiger partial charge is 0.379 e. The van der Waals surface area contributed by atoms with Crippen LogP contribution >= 0.6 is 15.9 Å². The first-order valence-electron chi connectivity index (χ1n) is 5.14. The van der Waals surface area contributed by atoms with Gasteiger partial charge in [0, 0.05) is 19.9 Å². The van der Waals surface area contributed by atoms with E-state index < -0.39 is 0 Å². The smallest absolute Gasteiger partial charge is 0.267 e. The molecular weight excluding hydrogens is 272 g/mol. The molecule has 1 aromatic rings. The summed E-state index contributed by atoms with van der Waals surface area (Å²) >= 11 is 3.19. The average Bonchev–Trinajstić information content (AvgIpc) is 2.24. The molecule has 0 atom stereocenters. The van der Waals surface area contributed by atoms with Crippen LogP contribution < -0.4 is 5.56 Å². The molecule has 90 valence electrons. The van der Waals surface area contributed by atoms with Crippen molar-refractivity contribution < 1.29 is 4.74 Å². The highest BCUT2D eigenvalue weighted by Gasteiger charge is 2.17. The number of aromatic nitrogens is 2. The van der Waals surface area contributed by atoms with E-state index in [9.17, 15) is 4.79 Å². The van der Waals surface area contributed by atoms with E-state index in [-0.39, 0.29) is 11.2 Å². The standard InChI is InChI=1S/C11H17BrN2O2/c1-8-13-7-9(12)10(15)14(8)6-5-11(2,3)16-4/h7H,5-6H2,1-4H3.